The second-order valence-electron chi connectivity index (χ2n) is 5.74. The van der Waals surface area contributed by atoms with Crippen molar-refractivity contribution in [1.29, 1.82) is 0 Å². The predicted octanol–water partition coefficient (Wildman–Crippen LogP) is 0.317. The smallest absolute Gasteiger partial charge is 0.284 e. The van der Waals surface area contributed by atoms with Gasteiger partial charge in [-0.15, -0.1) is 0 Å². The standard InChI is InChI=1S/C15H26N5O2/c1-6-19(7-2)11-10-18(5)14(22)15(3,4)20-9-8-17-13(20)12(16)21/h9H,6-7,10-11H2,1-5H3,(H2,16,21). The summed E-state index contributed by atoms with van der Waals surface area (Å²) in [5, 5.41) is 0. The van der Waals surface area contributed by atoms with Crippen molar-refractivity contribution in [2.75, 3.05) is 33.2 Å². The van der Waals surface area contributed by atoms with Crippen molar-refractivity contribution in [3.05, 3.63) is 18.2 Å². The summed E-state index contributed by atoms with van der Waals surface area (Å²) in [5.74, 6) is -0.739. The van der Waals surface area contributed by atoms with Gasteiger partial charge in [0.25, 0.3) is 5.91 Å². The van der Waals surface area contributed by atoms with E-state index in [4.69, 9.17) is 5.73 Å². The predicted molar refractivity (Wildman–Crippen MR) is 84.3 cm³/mol. The Morgan fingerprint density at radius 3 is 2.41 bits per heavy atom. The van der Waals surface area contributed by atoms with Crippen molar-refractivity contribution in [3.8, 4) is 0 Å². The lowest BCUT2D eigenvalue weighted by Crippen LogP contribution is -2.48. The lowest BCUT2D eigenvalue weighted by Gasteiger charge is -2.32. The van der Waals surface area contributed by atoms with Crippen molar-refractivity contribution < 1.29 is 9.59 Å². The first-order chi connectivity index (χ1) is 10.3. The molecule has 1 heterocycles. The van der Waals surface area contributed by atoms with E-state index in [1.54, 1.807) is 25.8 Å². The van der Waals surface area contributed by atoms with E-state index in [0.29, 0.717) is 6.54 Å². The number of imidazole rings is 1. The molecule has 0 aliphatic heterocycles. The number of carbonyl (C=O) groups excluding carboxylic acids is 2. The number of hydrogen-bond acceptors (Lipinski definition) is 4. The number of rotatable bonds is 8. The Labute approximate surface area is 132 Å². The average Bonchev–Trinajstić information content (AvgIpc) is 2.97. The van der Waals surface area contributed by atoms with Crippen LogP contribution in [-0.4, -0.2) is 64.4 Å². The molecule has 0 atom stereocenters. The van der Waals surface area contributed by atoms with Crippen molar-refractivity contribution in [2.24, 2.45) is 5.73 Å². The van der Waals surface area contributed by atoms with Gasteiger partial charge in [-0.3, -0.25) is 9.59 Å². The summed E-state index contributed by atoms with van der Waals surface area (Å²) in [6, 6.07) is 0. The Bertz CT molecular complexity index is 520. The fourth-order valence-corrected chi connectivity index (χ4v) is 2.37. The molecule has 123 valence electrons. The van der Waals surface area contributed by atoms with E-state index in [9.17, 15) is 9.59 Å². The van der Waals surface area contributed by atoms with Crippen molar-refractivity contribution >= 4 is 11.8 Å². The Hall–Kier alpha value is -1.89. The molecule has 2 N–H and O–H groups in total. The maximum absolute atomic E-state index is 12.7. The van der Waals surface area contributed by atoms with Gasteiger partial charge in [0.1, 0.15) is 11.7 Å². The Morgan fingerprint density at radius 2 is 1.91 bits per heavy atom. The maximum Gasteiger partial charge on any atom is 0.284 e. The van der Waals surface area contributed by atoms with E-state index >= 15 is 0 Å². The first-order valence-corrected chi connectivity index (χ1v) is 7.49. The van der Waals surface area contributed by atoms with Gasteiger partial charge in [0, 0.05) is 26.3 Å². The third-order valence-electron chi connectivity index (χ3n) is 3.92. The van der Waals surface area contributed by atoms with Crippen molar-refractivity contribution in [3.63, 3.8) is 0 Å². The second kappa shape index (κ2) is 7.40. The van der Waals surface area contributed by atoms with Crippen LogP contribution in [0.4, 0.5) is 0 Å². The molecule has 0 saturated heterocycles. The molecule has 0 aliphatic rings. The van der Waals surface area contributed by atoms with Crippen molar-refractivity contribution in [2.45, 2.75) is 33.2 Å². The highest BCUT2D eigenvalue weighted by Gasteiger charge is 2.34. The minimum atomic E-state index is -0.949. The van der Waals surface area contributed by atoms with Gasteiger partial charge in [0.05, 0.1) is 0 Å². The van der Waals surface area contributed by atoms with Crippen LogP contribution in [0.5, 0.6) is 0 Å². The third kappa shape index (κ3) is 3.85. The van der Waals surface area contributed by atoms with Crippen LogP contribution >= 0.6 is 0 Å². The molecule has 0 unspecified atom stereocenters. The minimum absolute atomic E-state index is 0.0375. The van der Waals surface area contributed by atoms with E-state index in [1.165, 1.54) is 10.8 Å². The number of hydrogen-bond donors (Lipinski definition) is 1. The van der Waals surface area contributed by atoms with Crippen LogP contribution in [0.2, 0.25) is 0 Å². The fourth-order valence-electron chi connectivity index (χ4n) is 2.37. The fraction of sp³-hybridized carbons (Fsp3) is 0.667. The summed E-state index contributed by atoms with van der Waals surface area (Å²) in [6.07, 6.45) is 4.06. The molecule has 1 rings (SSSR count). The first-order valence-electron chi connectivity index (χ1n) is 7.49. The zero-order valence-corrected chi connectivity index (χ0v) is 14.1. The number of nitrogens with zero attached hydrogens (tertiary/aromatic N) is 4. The molecule has 1 aromatic heterocycles. The highest BCUT2D eigenvalue weighted by molar-refractivity contribution is 5.91. The van der Waals surface area contributed by atoms with Crippen LogP contribution in [0.1, 0.15) is 38.3 Å². The molecule has 0 saturated carbocycles. The van der Waals surface area contributed by atoms with E-state index in [-0.39, 0.29) is 11.7 Å². The van der Waals surface area contributed by atoms with Gasteiger partial charge in [0.2, 0.25) is 5.91 Å². The zero-order chi connectivity index (χ0) is 16.9. The Balaban J connectivity index is 2.85. The molecule has 7 nitrogen and oxygen atoms in total. The Morgan fingerprint density at radius 1 is 1.32 bits per heavy atom. The number of nitrogens with two attached hydrogens (primary N) is 1. The maximum atomic E-state index is 12.7. The number of likely N-dealkylation sites (N-methyl/N-ethyl adjacent to an activating group) is 2. The molecular formula is C15H26N5O2. The summed E-state index contributed by atoms with van der Waals surface area (Å²) in [5.41, 5.74) is 4.34. The van der Waals surface area contributed by atoms with Crippen LogP contribution < -0.4 is 5.73 Å². The lowest BCUT2D eigenvalue weighted by atomic mass is 10.0. The minimum Gasteiger partial charge on any atom is -0.363 e. The molecule has 0 bridgehead atoms. The quantitative estimate of drug-likeness (QED) is 0.749. The first kappa shape index (κ1) is 18.2. The van der Waals surface area contributed by atoms with Gasteiger partial charge in [-0.1, -0.05) is 13.8 Å². The van der Waals surface area contributed by atoms with Crippen LogP contribution in [0.25, 0.3) is 0 Å². The van der Waals surface area contributed by atoms with E-state index in [1.807, 2.05) is 0 Å². The summed E-state index contributed by atoms with van der Waals surface area (Å²) in [4.78, 5) is 31.8. The Kier molecular flexibility index (Phi) is 6.11. The topological polar surface area (TPSA) is 84.5 Å². The normalized spacial score (nSPS) is 11.7. The highest BCUT2D eigenvalue weighted by atomic mass is 16.2. The van der Waals surface area contributed by atoms with E-state index in [2.05, 4.69) is 29.9 Å². The highest BCUT2D eigenvalue weighted by Crippen LogP contribution is 2.20. The van der Waals surface area contributed by atoms with Gasteiger partial charge in [0.15, 0.2) is 5.82 Å². The molecule has 0 fully saturated rings. The van der Waals surface area contributed by atoms with Crippen LogP contribution in [0.15, 0.2) is 6.20 Å². The average molecular weight is 308 g/mol. The number of amides is 2. The SMILES string of the molecule is CCN(CC)CCN(C)C(=O)C(C)(C)n1c[c]nc1C(N)=O. The van der Waals surface area contributed by atoms with Crippen molar-refractivity contribution in [1.82, 2.24) is 19.4 Å². The second-order valence-corrected chi connectivity index (χ2v) is 5.74. The van der Waals surface area contributed by atoms with Crippen LogP contribution in [0, 0.1) is 6.20 Å². The van der Waals surface area contributed by atoms with E-state index in [0.717, 1.165) is 19.6 Å². The number of primary amides is 1. The molecule has 0 spiro atoms. The monoisotopic (exact) mass is 308 g/mol. The molecule has 7 heteroatoms. The van der Waals surface area contributed by atoms with Gasteiger partial charge in [-0.05, 0) is 26.9 Å². The van der Waals surface area contributed by atoms with Crippen LogP contribution in [-0.2, 0) is 10.3 Å². The summed E-state index contributed by atoms with van der Waals surface area (Å²) in [6.45, 7) is 11.0. The van der Waals surface area contributed by atoms with Gasteiger partial charge >= 0.3 is 0 Å². The number of carbonyl (C=O) groups is 2. The molecule has 2 amide bonds. The molecule has 0 aliphatic carbocycles. The molecule has 22 heavy (non-hydrogen) atoms. The molecule has 0 aromatic carbocycles. The molecule has 1 radical (unpaired) electrons. The van der Waals surface area contributed by atoms with Gasteiger partial charge in [-0.2, -0.15) is 0 Å². The zero-order valence-electron chi connectivity index (χ0n) is 14.1. The molecular weight excluding hydrogens is 282 g/mol. The van der Waals surface area contributed by atoms with Gasteiger partial charge in [-0.25, -0.2) is 4.98 Å². The summed E-state index contributed by atoms with van der Waals surface area (Å²) >= 11 is 0. The number of aromatic nitrogens is 2. The van der Waals surface area contributed by atoms with Crippen LogP contribution in [0.3, 0.4) is 0 Å². The molecule has 1 aromatic rings. The van der Waals surface area contributed by atoms with E-state index < -0.39 is 11.4 Å². The largest absolute Gasteiger partial charge is 0.363 e. The summed E-state index contributed by atoms with van der Waals surface area (Å²) in [7, 11) is 1.76. The third-order valence-corrected chi connectivity index (χ3v) is 3.92. The lowest BCUT2D eigenvalue weighted by molar-refractivity contribution is -0.138. The van der Waals surface area contributed by atoms with Gasteiger partial charge < -0.3 is 20.1 Å². The summed E-state index contributed by atoms with van der Waals surface area (Å²) < 4.78 is 1.48.